The maximum atomic E-state index is 11.9. The number of carbonyl (C=O) groups is 2. The van der Waals surface area contributed by atoms with Gasteiger partial charge in [-0.2, -0.15) is 0 Å². The standard InChI is InChI=1S/C17H27N3O3/c1-4-10-18-16(21)12-20(2)13-17(22)19-11-9-14-7-5-6-8-15(14)23-3/h5-8H,4,9-13H2,1-3H3,(H,18,21)(H,19,22). The van der Waals surface area contributed by atoms with Crippen LogP contribution in [0, 0.1) is 0 Å². The second-order valence-corrected chi connectivity index (χ2v) is 5.43. The summed E-state index contributed by atoms with van der Waals surface area (Å²) >= 11 is 0. The van der Waals surface area contributed by atoms with Gasteiger partial charge in [-0.1, -0.05) is 25.1 Å². The summed E-state index contributed by atoms with van der Waals surface area (Å²) in [5.74, 6) is 0.674. The Balaban J connectivity index is 2.27. The number of nitrogens with zero attached hydrogens (tertiary/aromatic N) is 1. The molecule has 1 aromatic rings. The number of ether oxygens (including phenoxy) is 1. The summed E-state index contributed by atoms with van der Waals surface area (Å²) in [6.45, 7) is 3.62. The zero-order valence-electron chi connectivity index (χ0n) is 14.2. The van der Waals surface area contributed by atoms with Gasteiger partial charge < -0.3 is 15.4 Å². The molecule has 0 radical (unpaired) electrons. The molecular formula is C17H27N3O3. The Morgan fingerprint density at radius 3 is 2.30 bits per heavy atom. The third kappa shape index (κ3) is 7.65. The fourth-order valence-electron chi connectivity index (χ4n) is 2.17. The fraction of sp³-hybridized carbons (Fsp3) is 0.529. The van der Waals surface area contributed by atoms with Crippen molar-refractivity contribution in [1.29, 1.82) is 0 Å². The molecule has 0 spiro atoms. The molecule has 2 N–H and O–H groups in total. The van der Waals surface area contributed by atoms with Crippen molar-refractivity contribution in [2.24, 2.45) is 0 Å². The first kappa shape index (κ1) is 19.0. The van der Waals surface area contributed by atoms with Crippen molar-refractivity contribution in [2.75, 3.05) is 40.3 Å². The van der Waals surface area contributed by atoms with E-state index in [9.17, 15) is 9.59 Å². The molecule has 1 rings (SSSR count). The number of nitrogens with one attached hydrogen (secondary N) is 2. The van der Waals surface area contributed by atoms with Crippen LogP contribution in [0.4, 0.5) is 0 Å². The average Bonchev–Trinajstić information content (AvgIpc) is 2.53. The van der Waals surface area contributed by atoms with Gasteiger partial charge in [0.15, 0.2) is 0 Å². The van der Waals surface area contributed by atoms with Crippen molar-refractivity contribution in [1.82, 2.24) is 15.5 Å². The highest BCUT2D eigenvalue weighted by atomic mass is 16.5. The van der Waals surface area contributed by atoms with E-state index in [1.807, 2.05) is 31.2 Å². The SMILES string of the molecule is CCCNC(=O)CN(C)CC(=O)NCCc1ccccc1OC. The van der Waals surface area contributed by atoms with E-state index in [-0.39, 0.29) is 24.9 Å². The van der Waals surface area contributed by atoms with Gasteiger partial charge in [0.2, 0.25) is 11.8 Å². The number of amides is 2. The molecule has 0 bridgehead atoms. The van der Waals surface area contributed by atoms with Gasteiger partial charge >= 0.3 is 0 Å². The molecule has 128 valence electrons. The van der Waals surface area contributed by atoms with Crippen LogP contribution in [0.1, 0.15) is 18.9 Å². The van der Waals surface area contributed by atoms with Crippen molar-refractivity contribution in [3.8, 4) is 5.75 Å². The Kier molecular flexibility index (Phi) is 8.75. The molecule has 0 saturated carbocycles. The van der Waals surface area contributed by atoms with Crippen LogP contribution in [-0.4, -0.2) is 57.1 Å². The molecule has 0 aliphatic rings. The van der Waals surface area contributed by atoms with Crippen LogP contribution in [0.15, 0.2) is 24.3 Å². The van der Waals surface area contributed by atoms with Crippen LogP contribution < -0.4 is 15.4 Å². The lowest BCUT2D eigenvalue weighted by molar-refractivity contribution is -0.124. The highest BCUT2D eigenvalue weighted by Gasteiger charge is 2.10. The number of rotatable bonds is 10. The number of hydrogen-bond acceptors (Lipinski definition) is 4. The maximum absolute atomic E-state index is 11.9. The summed E-state index contributed by atoms with van der Waals surface area (Å²) in [6, 6.07) is 7.75. The monoisotopic (exact) mass is 321 g/mol. The van der Waals surface area contributed by atoms with Crippen LogP contribution in [-0.2, 0) is 16.0 Å². The minimum absolute atomic E-state index is 0.0591. The van der Waals surface area contributed by atoms with E-state index in [1.165, 1.54) is 0 Å². The lowest BCUT2D eigenvalue weighted by atomic mass is 10.1. The topological polar surface area (TPSA) is 70.7 Å². The predicted molar refractivity (Wildman–Crippen MR) is 90.5 cm³/mol. The molecule has 0 saturated heterocycles. The summed E-state index contributed by atoms with van der Waals surface area (Å²) in [4.78, 5) is 25.1. The molecule has 0 atom stereocenters. The third-order valence-electron chi connectivity index (χ3n) is 3.31. The van der Waals surface area contributed by atoms with Crippen LogP contribution in [0.5, 0.6) is 5.75 Å². The summed E-state index contributed by atoms with van der Waals surface area (Å²) in [7, 11) is 3.39. The molecule has 6 heteroatoms. The molecule has 0 unspecified atom stereocenters. The largest absolute Gasteiger partial charge is 0.496 e. The first-order valence-electron chi connectivity index (χ1n) is 7.90. The van der Waals surface area contributed by atoms with Crippen molar-refractivity contribution in [2.45, 2.75) is 19.8 Å². The fourth-order valence-corrected chi connectivity index (χ4v) is 2.17. The molecule has 0 aliphatic heterocycles. The van der Waals surface area contributed by atoms with Gasteiger partial charge in [-0.3, -0.25) is 14.5 Å². The minimum Gasteiger partial charge on any atom is -0.496 e. The Morgan fingerprint density at radius 1 is 1.09 bits per heavy atom. The summed E-state index contributed by atoms with van der Waals surface area (Å²) in [5.41, 5.74) is 1.06. The first-order chi connectivity index (χ1) is 11.1. The molecule has 1 aromatic carbocycles. The van der Waals surface area contributed by atoms with Gasteiger partial charge in [0.25, 0.3) is 0 Å². The molecule has 2 amide bonds. The van der Waals surface area contributed by atoms with E-state index in [2.05, 4.69) is 10.6 Å². The van der Waals surface area contributed by atoms with Crippen LogP contribution in [0.25, 0.3) is 0 Å². The Labute approximate surface area is 138 Å². The van der Waals surface area contributed by atoms with Gasteiger partial charge in [-0.05, 0) is 31.5 Å². The second kappa shape index (κ2) is 10.6. The smallest absolute Gasteiger partial charge is 0.234 e. The van der Waals surface area contributed by atoms with Crippen molar-refractivity contribution in [3.63, 3.8) is 0 Å². The molecule has 0 aromatic heterocycles. The van der Waals surface area contributed by atoms with Crippen molar-refractivity contribution >= 4 is 11.8 Å². The van der Waals surface area contributed by atoms with E-state index in [0.717, 1.165) is 17.7 Å². The highest BCUT2D eigenvalue weighted by molar-refractivity contribution is 5.81. The summed E-state index contributed by atoms with van der Waals surface area (Å²) < 4.78 is 5.28. The zero-order chi connectivity index (χ0) is 17.1. The van der Waals surface area contributed by atoms with Crippen LogP contribution in [0.2, 0.25) is 0 Å². The quantitative estimate of drug-likeness (QED) is 0.669. The summed E-state index contributed by atoms with van der Waals surface area (Å²) in [5, 5.41) is 5.65. The van der Waals surface area contributed by atoms with Gasteiger partial charge in [0.1, 0.15) is 5.75 Å². The molecule has 23 heavy (non-hydrogen) atoms. The van der Waals surface area contributed by atoms with Gasteiger partial charge in [-0.15, -0.1) is 0 Å². The van der Waals surface area contributed by atoms with Gasteiger partial charge in [0.05, 0.1) is 20.2 Å². The summed E-state index contributed by atoms with van der Waals surface area (Å²) in [6.07, 6.45) is 1.61. The normalized spacial score (nSPS) is 10.4. The molecule has 0 fully saturated rings. The lowest BCUT2D eigenvalue weighted by Crippen LogP contribution is -2.41. The van der Waals surface area contributed by atoms with Gasteiger partial charge in [-0.25, -0.2) is 0 Å². The van der Waals surface area contributed by atoms with Crippen LogP contribution in [0.3, 0.4) is 0 Å². The van der Waals surface area contributed by atoms with E-state index < -0.39 is 0 Å². The number of likely N-dealkylation sites (N-methyl/N-ethyl adjacent to an activating group) is 1. The lowest BCUT2D eigenvalue weighted by Gasteiger charge is -2.16. The molecule has 0 heterocycles. The number of methoxy groups -OCH3 is 1. The number of carbonyl (C=O) groups excluding carboxylic acids is 2. The minimum atomic E-state index is -0.0920. The highest BCUT2D eigenvalue weighted by Crippen LogP contribution is 2.17. The average molecular weight is 321 g/mol. The predicted octanol–water partition coefficient (Wildman–Crippen LogP) is 0.812. The van der Waals surface area contributed by atoms with Crippen molar-refractivity contribution in [3.05, 3.63) is 29.8 Å². The van der Waals surface area contributed by atoms with E-state index in [4.69, 9.17) is 4.74 Å². The third-order valence-corrected chi connectivity index (χ3v) is 3.31. The van der Waals surface area contributed by atoms with Gasteiger partial charge in [0, 0.05) is 13.1 Å². The van der Waals surface area contributed by atoms with E-state index in [1.54, 1.807) is 19.1 Å². The zero-order valence-corrected chi connectivity index (χ0v) is 14.2. The van der Waals surface area contributed by atoms with Crippen LogP contribution >= 0.6 is 0 Å². The number of para-hydroxylation sites is 1. The Morgan fingerprint density at radius 2 is 1.70 bits per heavy atom. The second-order valence-electron chi connectivity index (χ2n) is 5.43. The van der Waals surface area contributed by atoms with E-state index >= 15 is 0 Å². The molecular weight excluding hydrogens is 294 g/mol. The first-order valence-corrected chi connectivity index (χ1v) is 7.90. The number of hydrogen-bond donors (Lipinski definition) is 2. The van der Waals surface area contributed by atoms with E-state index in [0.29, 0.717) is 19.5 Å². The Bertz CT molecular complexity index is 506. The van der Waals surface area contributed by atoms with Crippen molar-refractivity contribution < 1.29 is 14.3 Å². The molecule has 0 aliphatic carbocycles. The molecule has 6 nitrogen and oxygen atoms in total. The number of benzene rings is 1. The maximum Gasteiger partial charge on any atom is 0.234 e. The Hall–Kier alpha value is -2.08.